The van der Waals surface area contributed by atoms with E-state index in [0.29, 0.717) is 25.7 Å². The van der Waals surface area contributed by atoms with E-state index < -0.39 is 97.5 Å². The number of carbonyl (C=O) groups is 4. The Kier molecular flexibility index (Phi) is 71.0. The molecule has 0 aromatic carbocycles. The number of aliphatic hydroxyl groups is 1. The maximum absolute atomic E-state index is 13.1. The molecule has 0 heterocycles. The first-order valence-corrected chi connectivity index (χ1v) is 43.8. The second kappa shape index (κ2) is 72.4. The van der Waals surface area contributed by atoms with Crippen molar-refractivity contribution < 1.29 is 80.2 Å². The summed E-state index contributed by atoms with van der Waals surface area (Å²) < 4.78 is 68.5. The number of phosphoric acid groups is 2. The van der Waals surface area contributed by atoms with Crippen molar-refractivity contribution in [1.82, 2.24) is 0 Å². The molecular weight excluding hydrogens is 1270 g/mol. The van der Waals surface area contributed by atoms with Crippen molar-refractivity contribution in [2.75, 3.05) is 39.6 Å². The van der Waals surface area contributed by atoms with Crippen LogP contribution in [-0.2, 0) is 65.4 Å². The Morgan fingerprint density at radius 1 is 0.247 bits per heavy atom. The van der Waals surface area contributed by atoms with Crippen molar-refractivity contribution in [1.29, 1.82) is 0 Å². The lowest BCUT2D eigenvalue weighted by Gasteiger charge is -2.21. The third-order valence-electron chi connectivity index (χ3n) is 18.4. The molecule has 5 atom stereocenters. The van der Waals surface area contributed by atoms with Gasteiger partial charge in [0.1, 0.15) is 19.3 Å². The Morgan fingerprint density at radius 3 is 0.608 bits per heavy atom. The minimum atomic E-state index is -4.96. The molecule has 0 aromatic heterocycles. The summed E-state index contributed by atoms with van der Waals surface area (Å²) in [5.74, 6) is -2.11. The Hall–Kier alpha value is -1.94. The summed E-state index contributed by atoms with van der Waals surface area (Å²) in [5.41, 5.74) is 0. The van der Waals surface area contributed by atoms with E-state index in [1.54, 1.807) is 0 Å². The van der Waals surface area contributed by atoms with Crippen LogP contribution < -0.4 is 0 Å². The first kappa shape index (κ1) is 95.1. The zero-order chi connectivity index (χ0) is 71.1. The fourth-order valence-electron chi connectivity index (χ4n) is 12.1. The summed E-state index contributed by atoms with van der Waals surface area (Å²) in [4.78, 5) is 72.8. The van der Waals surface area contributed by atoms with Gasteiger partial charge in [0, 0.05) is 25.7 Å². The number of unbranched alkanes of at least 4 members (excludes halogenated alkanes) is 53. The number of hydrogen-bond donors (Lipinski definition) is 3. The Morgan fingerprint density at radius 2 is 0.412 bits per heavy atom. The van der Waals surface area contributed by atoms with Crippen LogP contribution in [0.25, 0.3) is 0 Å². The van der Waals surface area contributed by atoms with Gasteiger partial charge in [0.25, 0.3) is 0 Å². The molecule has 0 aromatic rings. The lowest BCUT2D eigenvalue weighted by atomic mass is 10.0. The Bertz CT molecular complexity index is 1840. The van der Waals surface area contributed by atoms with Crippen LogP contribution in [-0.4, -0.2) is 96.7 Å². The molecule has 19 heteroatoms. The van der Waals surface area contributed by atoms with E-state index >= 15 is 0 Å². The number of rotatable bonds is 79. The summed E-state index contributed by atoms with van der Waals surface area (Å²) in [6.45, 7) is 4.97. The molecule has 0 radical (unpaired) electrons. The first-order valence-electron chi connectivity index (χ1n) is 40.8. The van der Waals surface area contributed by atoms with Crippen LogP contribution in [0.5, 0.6) is 0 Å². The van der Waals surface area contributed by atoms with Crippen LogP contribution in [0.15, 0.2) is 0 Å². The Balaban J connectivity index is 5.17. The number of hydrogen-bond acceptors (Lipinski definition) is 15. The topological polar surface area (TPSA) is 237 Å². The average Bonchev–Trinajstić information content (AvgIpc) is 1.09. The van der Waals surface area contributed by atoms with Crippen molar-refractivity contribution >= 4 is 39.5 Å². The molecule has 0 amide bonds. The molecule has 97 heavy (non-hydrogen) atoms. The summed E-state index contributed by atoms with van der Waals surface area (Å²) >= 11 is 0. The van der Waals surface area contributed by atoms with Gasteiger partial charge >= 0.3 is 39.5 Å². The summed E-state index contributed by atoms with van der Waals surface area (Å²) in [6, 6.07) is 0. The molecule has 2 unspecified atom stereocenters. The van der Waals surface area contributed by atoms with Gasteiger partial charge in [-0.2, -0.15) is 0 Å². The first-order chi connectivity index (χ1) is 47.2. The molecule has 576 valence electrons. The molecule has 0 bridgehead atoms. The van der Waals surface area contributed by atoms with Gasteiger partial charge in [-0.25, -0.2) is 9.13 Å². The Labute approximate surface area is 594 Å². The SMILES string of the molecule is CCCCCCCCCCCCCCCCCCCCCCC(=O)O[C@H](COC(=O)CCCCCCCCCCCCCCCCC)COP(=O)(O)OC[C@@H](O)COP(=O)(O)OC[C@@H](COC(=O)CCCCCCCCC)OC(=O)CCCCCCCCCCCCCCCCC. The number of esters is 4. The van der Waals surface area contributed by atoms with Crippen LogP contribution in [0.1, 0.15) is 419 Å². The molecule has 17 nitrogen and oxygen atoms in total. The van der Waals surface area contributed by atoms with Crippen molar-refractivity contribution in [3.8, 4) is 0 Å². The monoisotopic (exact) mass is 1420 g/mol. The van der Waals surface area contributed by atoms with E-state index in [1.807, 2.05) is 0 Å². The molecule has 0 fully saturated rings. The second-order valence-electron chi connectivity index (χ2n) is 28.1. The highest BCUT2D eigenvalue weighted by molar-refractivity contribution is 7.47. The minimum absolute atomic E-state index is 0.108. The quantitative estimate of drug-likeness (QED) is 0.0222. The standard InChI is InChI=1S/C78H152O17P2/c1-5-9-13-17-21-24-27-30-33-34-35-36-37-40-43-46-49-53-57-61-65-78(83)95-74(69-89-76(81)63-59-55-51-47-44-41-38-31-28-25-22-18-14-10-6-2)71-93-97(86,87)91-67-72(79)66-90-96(84,85)92-70-73(68-88-75(80)62-58-54-50-20-16-12-8-4)94-77(82)64-60-56-52-48-45-42-39-32-29-26-23-19-15-11-7-3/h72-74,79H,5-71H2,1-4H3,(H,84,85)(H,86,87)/t72-,73+,74+/m0/s1. The van der Waals surface area contributed by atoms with E-state index in [-0.39, 0.29) is 25.7 Å². The minimum Gasteiger partial charge on any atom is -0.462 e. The van der Waals surface area contributed by atoms with E-state index in [0.717, 1.165) is 103 Å². The predicted octanol–water partition coefficient (Wildman–Crippen LogP) is 23.4. The third kappa shape index (κ3) is 72.2. The number of carbonyl (C=O) groups excluding carboxylic acids is 4. The van der Waals surface area contributed by atoms with Gasteiger partial charge in [0.05, 0.1) is 26.4 Å². The molecule has 0 aliphatic heterocycles. The van der Waals surface area contributed by atoms with Crippen LogP contribution >= 0.6 is 15.6 Å². The van der Waals surface area contributed by atoms with Gasteiger partial charge in [-0.3, -0.25) is 37.3 Å². The van der Waals surface area contributed by atoms with E-state index in [4.69, 9.17) is 37.0 Å². The normalized spacial score (nSPS) is 13.8. The van der Waals surface area contributed by atoms with Crippen LogP contribution in [0.2, 0.25) is 0 Å². The third-order valence-corrected chi connectivity index (χ3v) is 20.3. The molecule has 0 spiro atoms. The largest absolute Gasteiger partial charge is 0.472 e. The highest BCUT2D eigenvalue weighted by atomic mass is 31.2. The molecule has 0 saturated carbocycles. The maximum Gasteiger partial charge on any atom is 0.472 e. The molecular formula is C78H152O17P2. The zero-order valence-corrected chi connectivity index (χ0v) is 64.8. The van der Waals surface area contributed by atoms with Crippen LogP contribution in [0.3, 0.4) is 0 Å². The smallest absolute Gasteiger partial charge is 0.462 e. The average molecular weight is 1420 g/mol. The molecule has 0 saturated heterocycles. The van der Waals surface area contributed by atoms with Gasteiger partial charge in [-0.15, -0.1) is 0 Å². The fraction of sp³-hybridized carbons (Fsp3) is 0.949. The molecule has 0 aliphatic carbocycles. The van der Waals surface area contributed by atoms with Gasteiger partial charge in [-0.05, 0) is 25.7 Å². The molecule has 0 aliphatic rings. The van der Waals surface area contributed by atoms with Gasteiger partial charge in [0.2, 0.25) is 0 Å². The van der Waals surface area contributed by atoms with E-state index in [1.165, 1.54) is 238 Å². The second-order valence-corrected chi connectivity index (χ2v) is 31.0. The zero-order valence-electron chi connectivity index (χ0n) is 63.1. The van der Waals surface area contributed by atoms with Crippen molar-refractivity contribution in [2.24, 2.45) is 0 Å². The number of phosphoric ester groups is 2. The highest BCUT2D eigenvalue weighted by Crippen LogP contribution is 2.45. The highest BCUT2D eigenvalue weighted by Gasteiger charge is 2.30. The van der Waals surface area contributed by atoms with Crippen molar-refractivity contribution in [3.63, 3.8) is 0 Å². The predicted molar refractivity (Wildman–Crippen MR) is 395 cm³/mol. The van der Waals surface area contributed by atoms with E-state index in [9.17, 15) is 43.2 Å². The van der Waals surface area contributed by atoms with Crippen LogP contribution in [0, 0.1) is 0 Å². The number of aliphatic hydroxyl groups excluding tert-OH is 1. The lowest BCUT2D eigenvalue weighted by Crippen LogP contribution is -2.30. The molecule has 0 rings (SSSR count). The number of ether oxygens (including phenoxy) is 4. The van der Waals surface area contributed by atoms with E-state index in [2.05, 4.69) is 27.7 Å². The maximum atomic E-state index is 13.1. The van der Waals surface area contributed by atoms with Crippen molar-refractivity contribution in [2.45, 2.75) is 438 Å². The summed E-state index contributed by atoms with van der Waals surface area (Å²) in [7, 11) is -9.91. The fourth-order valence-corrected chi connectivity index (χ4v) is 13.7. The van der Waals surface area contributed by atoms with Gasteiger partial charge < -0.3 is 33.8 Å². The lowest BCUT2D eigenvalue weighted by molar-refractivity contribution is -0.161. The molecule has 3 N–H and O–H groups in total. The van der Waals surface area contributed by atoms with Crippen molar-refractivity contribution in [3.05, 3.63) is 0 Å². The van der Waals surface area contributed by atoms with Crippen LogP contribution in [0.4, 0.5) is 0 Å². The summed E-state index contributed by atoms with van der Waals surface area (Å²) in [6.07, 6.45) is 63.9. The van der Waals surface area contributed by atoms with Gasteiger partial charge in [0.15, 0.2) is 12.2 Å². The summed E-state index contributed by atoms with van der Waals surface area (Å²) in [5, 5.41) is 10.6. The van der Waals surface area contributed by atoms with Gasteiger partial charge in [-0.1, -0.05) is 368 Å².